The maximum Gasteiger partial charge on any atom is 0.195 e. The lowest BCUT2D eigenvalue weighted by molar-refractivity contribution is 0.103. The van der Waals surface area contributed by atoms with Gasteiger partial charge in [-0.15, -0.1) is 0 Å². The van der Waals surface area contributed by atoms with Crippen molar-refractivity contribution in [2.75, 3.05) is 0 Å². The van der Waals surface area contributed by atoms with Gasteiger partial charge in [0.2, 0.25) is 0 Å². The van der Waals surface area contributed by atoms with Gasteiger partial charge < -0.3 is 4.57 Å². The van der Waals surface area contributed by atoms with Crippen LogP contribution in [-0.2, 0) is 7.05 Å². The van der Waals surface area contributed by atoms with Crippen molar-refractivity contribution in [3.8, 4) is 0 Å². The molecule has 3 aromatic rings. The van der Waals surface area contributed by atoms with Crippen LogP contribution in [0.4, 0.5) is 4.39 Å². The van der Waals surface area contributed by atoms with Crippen molar-refractivity contribution in [3.63, 3.8) is 0 Å². The fourth-order valence-corrected chi connectivity index (χ4v) is 2.51. The monoisotopic (exact) mass is 267 g/mol. The smallest absolute Gasteiger partial charge is 0.195 e. The summed E-state index contributed by atoms with van der Waals surface area (Å²) in [7, 11) is 1.90. The molecule has 0 spiro atoms. The SMILES string of the molecule is Cc1ccc(F)cc1C(=O)c1cn(C)c2ccccc12. The Balaban J connectivity index is 2.20. The van der Waals surface area contributed by atoms with E-state index in [4.69, 9.17) is 0 Å². The fraction of sp³-hybridized carbons (Fsp3) is 0.118. The molecule has 0 N–H and O–H groups in total. The van der Waals surface area contributed by atoms with Crippen LogP contribution < -0.4 is 0 Å². The van der Waals surface area contributed by atoms with Gasteiger partial charge in [0, 0.05) is 35.3 Å². The number of aromatic nitrogens is 1. The number of ketones is 1. The first kappa shape index (κ1) is 12.6. The quantitative estimate of drug-likeness (QED) is 0.646. The van der Waals surface area contributed by atoms with Crippen LogP contribution in [0.1, 0.15) is 21.5 Å². The van der Waals surface area contributed by atoms with Crippen molar-refractivity contribution in [2.45, 2.75) is 6.92 Å². The lowest BCUT2D eigenvalue weighted by Gasteiger charge is -2.04. The molecule has 0 radical (unpaired) electrons. The molecule has 2 nitrogen and oxygen atoms in total. The normalized spacial score (nSPS) is 10.9. The number of para-hydroxylation sites is 1. The van der Waals surface area contributed by atoms with E-state index in [9.17, 15) is 9.18 Å². The Labute approximate surface area is 116 Å². The standard InChI is InChI=1S/C17H14FNO/c1-11-7-8-12(18)9-14(11)17(20)15-10-19(2)16-6-4-3-5-13(15)16/h3-10H,1-2H3. The average molecular weight is 267 g/mol. The molecule has 0 aliphatic carbocycles. The Bertz CT molecular complexity index is 817. The van der Waals surface area contributed by atoms with E-state index in [2.05, 4.69) is 0 Å². The maximum absolute atomic E-state index is 13.4. The van der Waals surface area contributed by atoms with Crippen LogP contribution in [0.5, 0.6) is 0 Å². The number of hydrogen-bond acceptors (Lipinski definition) is 1. The van der Waals surface area contributed by atoms with Crippen molar-refractivity contribution >= 4 is 16.7 Å². The first-order chi connectivity index (χ1) is 9.58. The summed E-state index contributed by atoms with van der Waals surface area (Å²) in [6, 6.07) is 12.0. The van der Waals surface area contributed by atoms with Gasteiger partial charge >= 0.3 is 0 Å². The van der Waals surface area contributed by atoms with E-state index in [0.717, 1.165) is 16.5 Å². The number of carbonyl (C=O) groups excluding carboxylic acids is 1. The molecule has 0 aliphatic rings. The van der Waals surface area contributed by atoms with E-state index in [-0.39, 0.29) is 11.6 Å². The molecular weight excluding hydrogens is 253 g/mol. The molecule has 20 heavy (non-hydrogen) atoms. The minimum atomic E-state index is -0.390. The first-order valence-corrected chi connectivity index (χ1v) is 6.43. The Morgan fingerprint density at radius 1 is 1.10 bits per heavy atom. The number of carbonyl (C=O) groups is 1. The number of rotatable bonds is 2. The third kappa shape index (κ3) is 1.92. The zero-order chi connectivity index (χ0) is 14.3. The van der Waals surface area contributed by atoms with Gasteiger partial charge in [0.25, 0.3) is 0 Å². The van der Waals surface area contributed by atoms with Crippen molar-refractivity contribution in [1.29, 1.82) is 0 Å². The molecule has 3 rings (SSSR count). The summed E-state index contributed by atoms with van der Waals surface area (Å²) in [6.45, 7) is 1.82. The predicted molar refractivity (Wildman–Crippen MR) is 77.5 cm³/mol. The second-order valence-electron chi connectivity index (χ2n) is 4.96. The second kappa shape index (κ2) is 4.60. The molecule has 0 bridgehead atoms. The van der Waals surface area contributed by atoms with Gasteiger partial charge in [-0.1, -0.05) is 24.3 Å². The minimum Gasteiger partial charge on any atom is -0.350 e. The van der Waals surface area contributed by atoms with Crippen molar-refractivity contribution in [2.24, 2.45) is 7.05 Å². The summed E-state index contributed by atoms with van der Waals surface area (Å²) in [6.07, 6.45) is 1.80. The highest BCUT2D eigenvalue weighted by Gasteiger charge is 2.17. The van der Waals surface area contributed by atoms with Crippen LogP contribution in [0.25, 0.3) is 10.9 Å². The maximum atomic E-state index is 13.4. The molecule has 100 valence electrons. The van der Waals surface area contributed by atoms with Crippen molar-refractivity contribution < 1.29 is 9.18 Å². The van der Waals surface area contributed by atoms with Crippen LogP contribution >= 0.6 is 0 Å². The molecule has 0 saturated heterocycles. The molecule has 0 fully saturated rings. The number of nitrogens with zero attached hydrogens (tertiary/aromatic N) is 1. The average Bonchev–Trinajstić information content (AvgIpc) is 2.79. The van der Waals surface area contributed by atoms with E-state index < -0.39 is 0 Å². The molecule has 0 atom stereocenters. The van der Waals surface area contributed by atoms with Crippen LogP contribution in [-0.4, -0.2) is 10.4 Å². The Hall–Kier alpha value is -2.42. The zero-order valence-corrected chi connectivity index (χ0v) is 11.4. The number of hydrogen-bond donors (Lipinski definition) is 0. The summed E-state index contributed by atoms with van der Waals surface area (Å²) in [5, 5.41) is 0.892. The van der Waals surface area contributed by atoms with Gasteiger partial charge in [-0.3, -0.25) is 4.79 Å². The summed E-state index contributed by atoms with van der Waals surface area (Å²) in [5.41, 5.74) is 2.80. The van der Waals surface area contributed by atoms with Gasteiger partial charge in [-0.25, -0.2) is 4.39 Å². The Morgan fingerprint density at radius 2 is 1.85 bits per heavy atom. The molecule has 0 amide bonds. The van der Waals surface area contributed by atoms with Crippen molar-refractivity contribution in [3.05, 3.63) is 71.2 Å². The highest BCUT2D eigenvalue weighted by Crippen LogP contribution is 2.24. The van der Waals surface area contributed by atoms with Gasteiger partial charge in [-0.2, -0.15) is 0 Å². The van der Waals surface area contributed by atoms with Gasteiger partial charge in [0.15, 0.2) is 5.78 Å². The fourth-order valence-electron chi connectivity index (χ4n) is 2.51. The first-order valence-electron chi connectivity index (χ1n) is 6.43. The molecular formula is C17H14FNO. The van der Waals surface area contributed by atoms with Crippen LogP contribution in [0.15, 0.2) is 48.7 Å². The van der Waals surface area contributed by atoms with Crippen LogP contribution in [0.3, 0.4) is 0 Å². The van der Waals surface area contributed by atoms with Crippen LogP contribution in [0.2, 0.25) is 0 Å². The highest BCUT2D eigenvalue weighted by atomic mass is 19.1. The molecule has 0 unspecified atom stereocenters. The van der Waals surface area contributed by atoms with E-state index in [1.807, 2.05) is 42.8 Å². The van der Waals surface area contributed by atoms with E-state index in [0.29, 0.717) is 11.1 Å². The summed E-state index contributed by atoms with van der Waals surface area (Å²) < 4.78 is 15.3. The summed E-state index contributed by atoms with van der Waals surface area (Å²) >= 11 is 0. The third-order valence-corrected chi connectivity index (χ3v) is 3.59. The molecule has 3 heteroatoms. The number of benzene rings is 2. The van der Waals surface area contributed by atoms with Crippen LogP contribution in [0, 0.1) is 12.7 Å². The summed E-state index contributed by atoms with van der Waals surface area (Å²) in [5.74, 6) is -0.530. The van der Waals surface area contributed by atoms with E-state index in [1.54, 1.807) is 12.3 Å². The lowest BCUT2D eigenvalue weighted by Crippen LogP contribution is -2.03. The Kier molecular flexibility index (Phi) is 2.90. The van der Waals surface area contributed by atoms with E-state index in [1.165, 1.54) is 12.1 Å². The number of halogens is 1. The molecule has 0 saturated carbocycles. The highest BCUT2D eigenvalue weighted by molar-refractivity contribution is 6.17. The van der Waals surface area contributed by atoms with Crippen molar-refractivity contribution in [1.82, 2.24) is 4.57 Å². The molecule has 0 aliphatic heterocycles. The number of fused-ring (bicyclic) bond motifs is 1. The van der Waals surface area contributed by atoms with E-state index >= 15 is 0 Å². The third-order valence-electron chi connectivity index (χ3n) is 3.59. The minimum absolute atomic E-state index is 0.140. The zero-order valence-electron chi connectivity index (χ0n) is 11.4. The number of aryl methyl sites for hydroxylation is 2. The van der Waals surface area contributed by atoms with Gasteiger partial charge in [0.05, 0.1) is 0 Å². The largest absolute Gasteiger partial charge is 0.350 e. The van der Waals surface area contributed by atoms with Gasteiger partial charge in [0.1, 0.15) is 5.82 Å². The van der Waals surface area contributed by atoms with Gasteiger partial charge in [-0.05, 0) is 30.7 Å². The molecule has 1 aromatic heterocycles. The summed E-state index contributed by atoms with van der Waals surface area (Å²) in [4.78, 5) is 12.7. The molecule has 1 heterocycles. The predicted octanol–water partition coefficient (Wildman–Crippen LogP) is 3.86. The second-order valence-corrected chi connectivity index (χ2v) is 4.96. The Morgan fingerprint density at radius 3 is 2.65 bits per heavy atom. The lowest BCUT2D eigenvalue weighted by atomic mass is 9.99. The molecule has 2 aromatic carbocycles. The topological polar surface area (TPSA) is 22.0 Å².